The van der Waals surface area contributed by atoms with Gasteiger partial charge >= 0.3 is 0 Å². The number of fused-ring (bicyclic) bond motifs is 1. The summed E-state index contributed by atoms with van der Waals surface area (Å²) in [5.74, 6) is 1.60. The van der Waals surface area contributed by atoms with Crippen molar-refractivity contribution >= 4 is 11.7 Å². The van der Waals surface area contributed by atoms with Gasteiger partial charge in [0.1, 0.15) is 11.7 Å². The van der Waals surface area contributed by atoms with Gasteiger partial charge in [0.25, 0.3) is 5.91 Å². The maximum atomic E-state index is 12.5. The Hall–Kier alpha value is -2.54. The fourth-order valence-electron chi connectivity index (χ4n) is 3.21. The highest BCUT2D eigenvalue weighted by atomic mass is 16.5. The quantitative estimate of drug-likeness (QED) is 0.887. The van der Waals surface area contributed by atoms with Crippen molar-refractivity contribution in [2.45, 2.75) is 19.8 Å². The van der Waals surface area contributed by atoms with Crippen LogP contribution in [0.3, 0.4) is 0 Å². The topological polar surface area (TPSA) is 60.4 Å². The Bertz CT molecular complexity index is 681. The summed E-state index contributed by atoms with van der Waals surface area (Å²) in [6.45, 7) is 5.59. The van der Waals surface area contributed by atoms with Crippen molar-refractivity contribution in [3.8, 4) is 0 Å². The molecule has 1 unspecified atom stereocenters. The van der Waals surface area contributed by atoms with Gasteiger partial charge in [0.2, 0.25) is 6.29 Å². The second kappa shape index (κ2) is 6.16. The highest BCUT2D eigenvalue weighted by Gasteiger charge is 2.39. The molecule has 1 aromatic rings. The largest absolute Gasteiger partial charge is 0.378 e. The standard InChI is InChI=1S/C17H21N5O2/c1-13-19-22-16(23)11-15(20-7-9-24-10-8-20)18-17(22)21(13)12-14-5-3-2-4-6-14/h2-6,11,17-18H,7-10,12H2,1H3. The lowest BCUT2D eigenvalue weighted by molar-refractivity contribution is -0.132. The number of hydrogen-bond acceptors (Lipinski definition) is 6. The molecule has 126 valence electrons. The summed E-state index contributed by atoms with van der Waals surface area (Å²) in [7, 11) is 0. The van der Waals surface area contributed by atoms with Crippen LogP contribution in [0.15, 0.2) is 47.3 Å². The van der Waals surface area contributed by atoms with E-state index >= 15 is 0 Å². The minimum atomic E-state index is -0.277. The first-order valence-electron chi connectivity index (χ1n) is 8.22. The van der Waals surface area contributed by atoms with Crippen LogP contribution < -0.4 is 5.32 Å². The summed E-state index contributed by atoms with van der Waals surface area (Å²) in [5.41, 5.74) is 1.19. The predicted molar refractivity (Wildman–Crippen MR) is 89.3 cm³/mol. The van der Waals surface area contributed by atoms with Gasteiger partial charge in [0.15, 0.2) is 0 Å². The Kier molecular flexibility index (Phi) is 3.86. The highest BCUT2D eigenvalue weighted by molar-refractivity contribution is 5.93. The molecular weight excluding hydrogens is 306 g/mol. The number of ether oxygens (including phenoxy) is 1. The van der Waals surface area contributed by atoms with Crippen LogP contribution in [-0.2, 0) is 16.1 Å². The van der Waals surface area contributed by atoms with E-state index in [1.54, 1.807) is 6.08 Å². The fraction of sp³-hybridized carbons (Fsp3) is 0.412. The van der Waals surface area contributed by atoms with Gasteiger partial charge in [0.05, 0.1) is 13.2 Å². The van der Waals surface area contributed by atoms with Crippen LogP contribution in [0.2, 0.25) is 0 Å². The molecule has 0 aromatic heterocycles. The lowest BCUT2D eigenvalue weighted by Gasteiger charge is -2.39. The van der Waals surface area contributed by atoms with E-state index in [9.17, 15) is 4.79 Å². The van der Waals surface area contributed by atoms with Gasteiger partial charge in [-0.2, -0.15) is 10.1 Å². The molecule has 1 amide bonds. The number of carbonyl (C=O) groups excluding carboxylic acids is 1. The number of rotatable bonds is 3. The molecule has 3 heterocycles. The molecular formula is C17H21N5O2. The second-order valence-corrected chi connectivity index (χ2v) is 6.09. The first kappa shape index (κ1) is 15.0. The van der Waals surface area contributed by atoms with E-state index in [4.69, 9.17) is 4.74 Å². The van der Waals surface area contributed by atoms with Crippen LogP contribution in [0.5, 0.6) is 0 Å². The number of morpholine rings is 1. The highest BCUT2D eigenvalue weighted by Crippen LogP contribution is 2.23. The fourth-order valence-corrected chi connectivity index (χ4v) is 3.21. The molecule has 1 aromatic carbocycles. The van der Waals surface area contributed by atoms with Crippen molar-refractivity contribution in [2.75, 3.05) is 26.3 Å². The van der Waals surface area contributed by atoms with Gasteiger partial charge in [-0.3, -0.25) is 4.79 Å². The van der Waals surface area contributed by atoms with Gasteiger partial charge in [-0.25, -0.2) is 0 Å². The number of amidine groups is 1. The van der Waals surface area contributed by atoms with Crippen molar-refractivity contribution < 1.29 is 9.53 Å². The van der Waals surface area contributed by atoms with Gasteiger partial charge in [-0.05, 0) is 12.5 Å². The third-order valence-corrected chi connectivity index (χ3v) is 4.51. The molecule has 7 nitrogen and oxygen atoms in total. The maximum Gasteiger partial charge on any atom is 0.273 e. The van der Waals surface area contributed by atoms with E-state index in [-0.39, 0.29) is 12.2 Å². The molecule has 1 atom stereocenters. The molecule has 0 spiro atoms. The Morgan fingerprint density at radius 2 is 2.00 bits per heavy atom. The van der Waals surface area contributed by atoms with Crippen LogP contribution in [0.1, 0.15) is 12.5 Å². The zero-order valence-corrected chi connectivity index (χ0v) is 13.7. The normalized spacial score (nSPS) is 23.6. The number of hydrogen-bond donors (Lipinski definition) is 1. The molecule has 3 aliphatic heterocycles. The minimum Gasteiger partial charge on any atom is -0.378 e. The van der Waals surface area contributed by atoms with Crippen LogP contribution in [-0.4, -0.2) is 59.1 Å². The van der Waals surface area contributed by atoms with Gasteiger partial charge < -0.3 is 19.9 Å². The Balaban J connectivity index is 1.55. The third kappa shape index (κ3) is 2.71. The molecule has 1 saturated heterocycles. The second-order valence-electron chi connectivity index (χ2n) is 6.09. The maximum absolute atomic E-state index is 12.5. The summed E-state index contributed by atoms with van der Waals surface area (Å²) in [6, 6.07) is 10.2. The van der Waals surface area contributed by atoms with Crippen molar-refractivity contribution in [2.24, 2.45) is 5.10 Å². The Morgan fingerprint density at radius 3 is 2.75 bits per heavy atom. The van der Waals surface area contributed by atoms with Gasteiger partial charge in [-0.1, -0.05) is 30.3 Å². The molecule has 7 heteroatoms. The van der Waals surface area contributed by atoms with E-state index in [0.717, 1.165) is 24.7 Å². The number of amides is 1. The summed E-state index contributed by atoms with van der Waals surface area (Å²) in [6.07, 6.45) is 1.35. The predicted octanol–water partition coefficient (Wildman–Crippen LogP) is 0.725. The minimum absolute atomic E-state index is 0.0878. The molecule has 0 saturated carbocycles. The molecule has 1 N–H and O–H groups in total. The van der Waals surface area contributed by atoms with E-state index in [1.165, 1.54) is 10.6 Å². The average molecular weight is 327 g/mol. The molecule has 1 fully saturated rings. The summed E-state index contributed by atoms with van der Waals surface area (Å²) >= 11 is 0. The lowest BCUT2D eigenvalue weighted by atomic mass is 10.2. The Morgan fingerprint density at radius 1 is 1.25 bits per heavy atom. The molecule has 24 heavy (non-hydrogen) atoms. The van der Waals surface area contributed by atoms with Crippen LogP contribution in [0.4, 0.5) is 0 Å². The molecule has 0 bridgehead atoms. The average Bonchev–Trinajstić information content (AvgIpc) is 2.93. The van der Waals surface area contributed by atoms with Crippen molar-refractivity contribution in [3.63, 3.8) is 0 Å². The van der Waals surface area contributed by atoms with Crippen LogP contribution in [0.25, 0.3) is 0 Å². The van der Waals surface area contributed by atoms with E-state index < -0.39 is 0 Å². The monoisotopic (exact) mass is 327 g/mol. The zero-order valence-electron chi connectivity index (χ0n) is 13.7. The van der Waals surface area contributed by atoms with Crippen molar-refractivity contribution in [3.05, 3.63) is 47.8 Å². The molecule has 4 rings (SSSR count). The van der Waals surface area contributed by atoms with Crippen LogP contribution in [0, 0.1) is 0 Å². The van der Waals surface area contributed by atoms with Crippen molar-refractivity contribution in [1.29, 1.82) is 0 Å². The first-order valence-corrected chi connectivity index (χ1v) is 8.22. The van der Waals surface area contributed by atoms with Crippen LogP contribution >= 0.6 is 0 Å². The number of nitrogens with one attached hydrogen (secondary N) is 1. The summed E-state index contributed by atoms with van der Waals surface area (Å²) in [4.78, 5) is 16.8. The zero-order chi connectivity index (χ0) is 16.5. The first-order chi connectivity index (χ1) is 11.7. The number of nitrogens with zero attached hydrogens (tertiary/aromatic N) is 4. The third-order valence-electron chi connectivity index (χ3n) is 4.51. The van der Waals surface area contributed by atoms with E-state index in [0.29, 0.717) is 19.8 Å². The van der Waals surface area contributed by atoms with Gasteiger partial charge in [0, 0.05) is 25.7 Å². The summed E-state index contributed by atoms with van der Waals surface area (Å²) in [5, 5.41) is 9.41. The van der Waals surface area contributed by atoms with Crippen molar-refractivity contribution in [1.82, 2.24) is 20.1 Å². The molecule has 0 aliphatic carbocycles. The summed E-state index contributed by atoms with van der Waals surface area (Å²) < 4.78 is 5.40. The number of benzene rings is 1. The molecule has 3 aliphatic rings. The number of carbonyl (C=O) groups is 1. The van der Waals surface area contributed by atoms with E-state index in [1.807, 2.05) is 25.1 Å². The SMILES string of the molecule is CC1=NN2C(=O)C=C(N3CCOCC3)NC2N1Cc1ccccc1. The van der Waals surface area contributed by atoms with E-state index in [2.05, 4.69) is 32.4 Å². The smallest absolute Gasteiger partial charge is 0.273 e. The lowest BCUT2D eigenvalue weighted by Crippen LogP contribution is -2.57. The number of hydrazone groups is 1. The van der Waals surface area contributed by atoms with Gasteiger partial charge in [-0.15, -0.1) is 0 Å². The molecule has 0 radical (unpaired) electrons. The Labute approximate surface area is 141 Å².